The van der Waals surface area contributed by atoms with Crippen molar-refractivity contribution >= 4 is 28.4 Å². The van der Waals surface area contributed by atoms with Crippen LogP contribution in [0.1, 0.15) is 23.1 Å². The summed E-state index contributed by atoms with van der Waals surface area (Å²) in [7, 11) is -1.47. The molecule has 1 N–H and O–H groups in total. The Labute approximate surface area is 143 Å². The van der Waals surface area contributed by atoms with Gasteiger partial charge in [0.1, 0.15) is 5.25 Å². The Kier molecular flexibility index (Phi) is 6.37. The summed E-state index contributed by atoms with van der Waals surface area (Å²) in [4.78, 5) is 11.4. The zero-order valence-corrected chi connectivity index (χ0v) is 14.4. The van der Waals surface area contributed by atoms with Crippen LogP contribution in [0.5, 0.6) is 0 Å². The quantitative estimate of drug-likeness (QED) is 0.821. The van der Waals surface area contributed by atoms with E-state index in [9.17, 15) is 14.1 Å². The van der Waals surface area contributed by atoms with Gasteiger partial charge in [-0.1, -0.05) is 53.6 Å². The molecule has 23 heavy (non-hydrogen) atoms. The van der Waals surface area contributed by atoms with Crippen LogP contribution in [0.15, 0.2) is 48.5 Å². The maximum absolute atomic E-state index is 12.4. The molecule has 5 heteroatoms. The van der Waals surface area contributed by atoms with Crippen LogP contribution in [0.2, 0.25) is 5.02 Å². The van der Waals surface area contributed by atoms with Crippen molar-refractivity contribution < 1.29 is 14.1 Å². The highest BCUT2D eigenvalue weighted by Gasteiger charge is 2.24. The van der Waals surface area contributed by atoms with Crippen molar-refractivity contribution in [2.75, 3.05) is 0 Å². The molecule has 0 saturated heterocycles. The highest BCUT2D eigenvalue weighted by Crippen LogP contribution is 2.16. The molecule has 0 aliphatic rings. The smallest absolute Gasteiger partial charge is 0.319 e. The summed E-state index contributed by atoms with van der Waals surface area (Å²) in [6.07, 6.45) is 0.961. The van der Waals surface area contributed by atoms with E-state index in [0.717, 1.165) is 16.7 Å². The Balaban J connectivity index is 1.99. The average molecular weight is 351 g/mol. The molecule has 2 rings (SSSR count). The lowest BCUT2D eigenvalue weighted by molar-refractivity contribution is -0.136. The third kappa shape index (κ3) is 5.48. The van der Waals surface area contributed by atoms with E-state index in [1.54, 1.807) is 24.3 Å². The van der Waals surface area contributed by atoms with Gasteiger partial charge in [-0.3, -0.25) is 9.00 Å². The fraction of sp³-hybridized carbons (Fsp3) is 0.278. The number of rotatable bonds is 7. The number of aliphatic carboxylic acids is 1. The van der Waals surface area contributed by atoms with Gasteiger partial charge in [0.15, 0.2) is 0 Å². The van der Waals surface area contributed by atoms with Gasteiger partial charge in [-0.15, -0.1) is 0 Å². The second-order valence-corrected chi connectivity index (χ2v) is 7.56. The first kappa shape index (κ1) is 17.7. The Morgan fingerprint density at radius 1 is 1.09 bits per heavy atom. The third-order valence-corrected chi connectivity index (χ3v) is 5.57. The molecule has 0 heterocycles. The number of halogens is 1. The van der Waals surface area contributed by atoms with Crippen molar-refractivity contribution in [3.8, 4) is 0 Å². The van der Waals surface area contributed by atoms with Crippen LogP contribution in [0.25, 0.3) is 0 Å². The Morgan fingerprint density at radius 2 is 1.65 bits per heavy atom. The number of carbonyl (C=O) groups is 1. The van der Waals surface area contributed by atoms with Gasteiger partial charge < -0.3 is 5.11 Å². The topological polar surface area (TPSA) is 54.4 Å². The molecule has 0 saturated carbocycles. The molecule has 0 aromatic heterocycles. The summed E-state index contributed by atoms with van der Waals surface area (Å²) in [5, 5.41) is 9.11. The van der Waals surface area contributed by atoms with Gasteiger partial charge >= 0.3 is 5.97 Å². The molecular formula is C18H19ClO3S. The predicted octanol–water partition coefficient (Wildman–Crippen LogP) is 3.98. The number of carboxylic acids is 1. The van der Waals surface area contributed by atoms with Gasteiger partial charge in [0.05, 0.1) is 0 Å². The van der Waals surface area contributed by atoms with E-state index >= 15 is 0 Å². The summed E-state index contributed by atoms with van der Waals surface area (Å²) in [6.45, 7) is 2.00. The van der Waals surface area contributed by atoms with Gasteiger partial charge in [0, 0.05) is 21.6 Å². The summed E-state index contributed by atoms with van der Waals surface area (Å²) < 4.78 is 12.4. The first-order valence-electron chi connectivity index (χ1n) is 7.35. The molecule has 122 valence electrons. The van der Waals surface area contributed by atoms with Crippen molar-refractivity contribution in [1.82, 2.24) is 0 Å². The molecule has 2 unspecified atom stereocenters. The molecule has 2 atom stereocenters. The molecule has 2 aromatic rings. The van der Waals surface area contributed by atoms with E-state index in [-0.39, 0.29) is 5.75 Å². The van der Waals surface area contributed by atoms with Crippen molar-refractivity contribution in [2.45, 2.75) is 30.8 Å². The first-order valence-corrected chi connectivity index (χ1v) is 9.11. The zero-order valence-electron chi connectivity index (χ0n) is 12.9. The minimum Gasteiger partial charge on any atom is -0.480 e. The van der Waals surface area contributed by atoms with E-state index in [4.69, 9.17) is 11.6 Å². The fourth-order valence-electron chi connectivity index (χ4n) is 2.27. The van der Waals surface area contributed by atoms with E-state index in [1.165, 1.54) is 0 Å². The van der Waals surface area contributed by atoms with Crippen molar-refractivity contribution in [1.29, 1.82) is 0 Å². The monoisotopic (exact) mass is 350 g/mol. The molecular weight excluding hydrogens is 332 g/mol. The highest BCUT2D eigenvalue weighted by molar-refractivity contribution is 7.85. The number of hydrogen-bond acceptors (Lipinski definition) is 2. The predicted molar refractivity (Wildman–Crippen MR) is 94.2 cm³/mol. The van der Waals surface area contributed by atoms with Gasteiger partial charge in [0.2, 0.25) is 0 Å². The fourth-order valence-corrected chi connectivity index (χ4v) is 3.72. The highest BCUT2D eigenvalue weighted by atomic mass is 35.5. The normalized spacial score (nSPS) is 13.5. The van der Waals surface area contributed by atoms with Crippen LogP contribution >= 0.6 is 11.6 Å². The number of aryl methyl sites for hydroxylation is 2. The summed E-state index contributed by atoms with van der Waals surface area (Å²) >= 11 is 5.82. The molecule has 0 aliphatic carbocycles. The summed E-state index contributed by atoms with van der Waals surface area (Å²) in [5.41, 5.74) is 3.05. The minimum absolute atomic E-state index is 0.224. The second-order valence-electron chi connectivity index (χ2n) is 5.50. The summed E-state index contributed by atoms with van der Waals surface area (Å²) in [6, 6.07) is 14.9. The average Bonchev–Trinajstić information content (AvgIpc) is 2.51. The van der Waals surface area contributed by atoms with Gasteiger partial charge in [-0.25, -0.2) is 0 Å². The molecule has 2 aromatic carbocycles. The maximum atomic E-state index is 12.4. The number of carboxylic acid groups (broad SMARTS) is 1. The van der Waals surface area contributed by atoms with Gasteiger partial charge in [-0.05, 0) is 43.0 Å². The van der Waals surface area contributed by atoms with Crippen molar-refractivity contribution in [3.05, 3.63) is 70.2 Å². The van der Waals surface area contributed by atoms with E-state index in [0.29, 0.717) is 17.9 Å². The molecule has 0 aliphatic heterocycles. The maximum Gasteiger partial charge on any atom is 0.319 e. The van der Waals surface area contributed by atoms with E-state index in [1.807, 2.05) is 31.2 Å². The Bertz CT molecular complexity index is 680. The number of hydrogen-bond donors (Lipinski definition) is 1. The minimum atomic E-state index is -1.47. The Morgan fingerprint density at radius 3 is 2.22 bits per heavy atom. The lowest BCUT2D eigenvalue weighted by atomic mass is 10.1. The van der Waals surface area contributed by atoms with Crippen LogP contribution in [0, 0.1) is 6.92 Å². The zero-order chi connectivity index (χ0) is 16.8. The van der Waals surface area contributed by atoms with E-state index in [2.05, 4.69) is 0 Å². The Hall–Kier alpha value is -1.65. The van der Waals surface area contributed by atoms with Crippen LogP contribution < -0.4 is 0 Å². The molecule has 0 bridgehead atoms. The SMILES string of the molecule is Cc1ccc(CCC(C(=O)O)S(=O)Cc2ccc(Cl)cc2)cc1. The van der Waals surface area contributed by atoms with Crippen molar-refractivity contribution in [3.63, 3.8) is 0 Å². The van der Waals surface area contributed by atoms with Crippen LogP contribution in [0.4, 0.5) is 0 Å². The first-order chi connectivity index (χ1) is 11.0. The van der Waals surface area contributed by atoms with Gasteiger partial charge in [0.25, 0.3) is 0 Å². The molecule has 0 amide bonds. The molecule has 0 spiro atoms. The van der Waals surface area contributed by atoms with Crippen molar-refractivity contribution in [2.24, 2.45) is 0 Å². The van der Waals surface area contributed by atoms with Crippen LogP contribution in [-0.4, -0.2) is 20.5 Å². The summed E-state index contributed by atoms with van der Waals surface area (Å²) in [5.74, 6) is -0.786. The second kappa shape index (κ2) is 8.27. The van der Waals surface area contributed by atoms with Crippen LogP contribution in [0.3, 0.4) is 0 Å². The lowest BCUT2D eigenvalue weighted by Gasteiger charge is -2.12. The molecule has 3 nitrogen and oxygen atoms in total. The largest absolute Gasteiger partial charge is 0.480 e. The standard InChI is InChI=1S/C18H19ClO3S/c1-13-2-4-14(5-3-13)8-11-17(18(20)21)23(22)12-15-6-9-16(19)10-7-15/h2-7,9-10,17H,8,11-12H2,1H3,(H,20,21). The van der Waals surface area contributed by atoms with Crippen LogP contribution in [-0.2, 0) is 27.8 Å². The lowest BCUT2D eigenvalue weighted by Crippen LogP contribution is -2.27. The molecule has 0 fully saturated rings. The molecule has 0 radical (unpaired) electrons. The van der Waals surface area contributed by atoms with E-state index < -0.39 is 22.0 Å². The number of benzene rings is 2. The third-order valence-electron chi connectivity index (χ3n) is 3.63. The van der Waals surface area contributed by atoms with Gasteiger partial charge in [-0.2, -0.15) is 0 Å².